The minimum atomic E-state index is -0.791. The van der Waals surface area contributed by atoms with Crippen LogP contribution in [0.4, 0.5) is 5.69 Å². The highest BCUT2D eigenvalue weighted by Crippen LogP contribution is 2.27. The molecule has 0 radical (unpaired) electrons. The quantitative estimate of drug-likeness (QED) is 0.761. The van der Waals surface area contributed by atoms with Crippen LogP contribution in [0.2, 0.25) is 0 Å². The molecule has 0 aliphatic heterocycles. The SMILES string of the molecule is CN(C)c1ccc(C(Cc2cccc3ccccc23)C(=O)O)cc1. The maximum Gasteiger partial charge on any atom is 0.311 e. The highest BCUT2D eigenvalue weighted by Gasteiger charge is 2.21. The average Bonchev–Trinajstić information content (AvgIpc) is 2.59. The molecule has 24 heavy (non-hydrogen) atoms. The summed E-state index contributed by atoms with van der Waals surface area (Å²) in [5, 5.41) is 12.0. The number of carboxylic acids is 1. The van der Waals surface area contributed by atoms with Crippen molar-refractivity contribution in [1.82, 2.24) is 0 Å². The maximum absolute atomic E-state index is 11.8. The first-order chi connectivity index (χ1) is 11.6. The van der Waals surface area contributed by atoms with E-state index in [1.807, 2.05) is 67.5 Å². The number of fused-ring (bicyclic) bond motifs is 1. The Morgan fingerprint density at radius 1 is 0.958 bits per heavy atom. The monoisotopic (exact) mass is 319 g/mol. The lowest BCUT2D eigenvalue weighted by molar-refractivity contribution is -0.138. The van der Waals surface area contributed by atoms with Crippen molar-refractivity contribution in [2.24, 2.45) is 0 Å². The molecule has 1 atom stereocenters. The second-order valence-corrected chi connectivity index (χ2v) is 6.22. The third kappa shape index (κ3) is 3.25. The molecule has 0 spiro atoms. The van der Waals surface area contributed by atoms with Gasteiger partial charge in [-0.25, -0.2) is 0 Å². The van der Waals surface area contributed by atoms with Crippen LogP contribution in [0.15, 0.2) is 66.7 Å². The molecule has 0 fully saturated rings. The number of hydrogen-bond donors (Lipinski definition) is 1. The second kappa shape index (κ2) is 6.75. The molecular weight excluding hydrogens is 298 g/mol. The zero-order valence-electron chi connectivity index (χ0n) is 13.9. The number of carbonyl (C=O) groups is 1. The lowest BCUT2D eigenvalue weighted by Crippen LogP contribution is -2.15. The van der Waals surface area contributed by atoms with Crippen LogP contribution in [-0.2, 0) is 11.2 Å². The molecule has 3 heteroatoms. The number of anilines is 1. The summed E-state index contributed by atoms with van der Waals surface area (Å²) in [6.07, 6.45) is 0.484. The van der Waals surface area contributed by atoms with Crippen LogP contribution >= 0.6 is 0 Å². The van der Waals surface area contributed by atoms with E-state index in [1.54, 1.807) is 0 Å². The third-order valence-electron chi connectivity index (χ3n) is 4.41. The summed E-state index contributed by atoms with van der Waals surface area (Å²) in [5.74, 6) is -1.34. The van der Waals surface area contributed by atoms with E-state index in [2.05, 4.69) is 18.2 Å². The Morgan fingerprint density at radius 2 is 1.62 bits per heavy atom. The zero-order chi connectivity index (χ0) is 17.1. The van der Waals surface area contributed by atoms with Crippen LogP contribution < -0.4 is 4.90 Å². The van der Waals surface area contributed by atoms with Crippen LogP contribution in [0.5, 0.6) is 0 Å². The van der Waals surface area contributed by atoms with E-state index in [0.29, 0.717) is 6.42 Å². The molecule has 122 valence electrons. The standard InChI is InChI=1S/C21H21NO2/c1-22(2)18-12-10-16(11-13-18)20(21(23)24)14-17-8-5-7-15-6-3-4-9-19(15)17/h3-13,20H,14H2,1-2H3,(H,23,24). The van der Waals surface area contributed by atoms with Crippen molar-refractivity contribution in [1.29, 1.82) is 0 Å². The lowest BCUT2D eigenvalue weighted by atomic mass is 9.89. The van der Waals surface area contributed by atoms with Crippen molar-refractivity contribution in [2.45, 2.75) is 12.3 Å². The van der Waals surface area contributed by atoms with Gasteiger partial charge in [0, 0.05) is 19.8 Å². The fraction of sp³-hybridized carbons (Fsp3) is 0.190. The van der Waals surface area contributed by atoms with Gasteiger partial charge in [-0.1, -0.05) is 54.6 Å². The zero-order valence-corrected chi connectivity index (χ0v) is 13.9. The lowest BCUT2D eigenvalue weighted by Gasteiger charge is -2.17. The van der Waals surface area contributed by atoms with Crippen molar-refractivity contribution in [2.75, 3.05) is 19.0 Å². The van der Waals surface area contributed by atoms with Gasteiger partial charge in [-0.05, 0) is 40.5 Å². The molecule has 0 amide bonds. The smallest absolute Gasteiger partial charge is 0.311 e. The first kappa shape index (κ1) is 16.1. The van der Waals surface area contributed by atoms with Crippen molar-refractivity contribution in [3.63, 3.8) is 0 Å². The van der Waals surface area contributed by atoms with Gasteiger partial charge in [0.1, 0.15) is 0 Å². The molecule has 0 saturated heterocycles. The minimum absolute atomic E-state index is 0.484. The van der Waals surface area contributed by atoms with Crippen molar-refractivity contribution < 1.29 is 9.90 Å². The first-order valence-corrected chi connectivity index (χ1v) is 8.03. The van der Waals surface area contributed by atoms with Crippen LogP contribution in [0, 0.1) is 0 Å². The molecule has 3 aromatic rings. The fourth-order valence-electron chi connectivity index (χ4n) is 3.04. The predicted molar refractivity (Wildman–Crippen MR) is 98.8 cm³/mol. The summed E-state index contributed by atoms with van der Waals surface area (Å²) in [4.78, 5) is 13.9. The Kier molecular flexibility index (Phi) is 4.52. The third-order valence-corrected chi connectivity index (χ3v) is 4.41. The molecule has 3 aromatic carbocycles. The molecule has 0 bridgehead atoms. The van der Waals surface area contributed by atoms with E-state index >= 15 is 0 Å². The molecule has 1 N–H and O–H groups in total. The summed E-state index contributed by atoms with van der Waals surface area (Å²) in [6.45, 7) is 0. The Balaban J connectivity index is 1.95. The number of aliphatic carboxylic acids is 1. The number of nitrogens with zero attached hydrogens (tertiary/aromatic N) is 1. The van der Waals surface area contributed by atoms with Crippen LogP contribution in [-0.4, -0.2) is 25.2 Å². The van der Waals surface area contributed by atoms with E-state index < -0.39 is 11.9 Å². The Bertz CT molecular complexity index is 848. The molecule has 0 heterocycles. The Labute approximate surface area is 142 Å². The molecule has 0 aliphatic rings. The summed E-state index contributed by atoms with van der Waals surface area (Å²) >= 11 is 0. The van der Waals surface area contributed by atoms with Crippen LogP contribution in [0.1, 0.15) is 17.0 Å². The van der Waals surface area contributed by atoms with Crippen LogP contribution in [0.25, 0.3) is 10.8 Å². The molecule has 3 nitrogen and oxygen atoms in total. The van der Waals surface area contributed by atoms with Crippen molar-refractivity contribution in [3.05, 3.63) is 77.9 Å². The van der Waals surface area contributed by atoms with Gasteiger partial charge in [0.15, 0.2) is 0 Å². The Hall–Kier alpha value is -2.81. The van der Waals surface area contributed by atoms with E-state index in [1.165, 1.54) is 0 Å². The number of rotatable bonds is 5. The summed E-state index contributed by atoms with van der Waals surface area (Å²) < 4.78 is 0. The van der Waals surface area contributed by atoms with Gasteiger partial charge in [0.25, 0.3) is 0 Å². The van der Waals surface area contributed by atoms with Gasteiger partial charge in [-0.2, -0.15) is 0 Å². The molecule has 0 saturated carbocycles. The van der Waals surface area contributed by atoms with Gasteiger partial charge in [-0.3, -0.25) is 4.79 Å². The molecule has 0 aliphatic carbocycles. The van der Waals surface area contributed by atoms with E-state index in [9.17, 15) is 9.90 Å². The highest BCUT2D eigenvalue weighted by molar-refractivity contribution is 5.86. The van der Waals surface area contributed by atoms with Crippen molar-refractivity contribution in [3.8, 4) is 0 Å². The van der Waals surface area contributed by atoms with Gasteiger partial charge >= 0.3 is 5.97 Å². The second-order valence-electron chi connectivity index (χ2n) is 6.22. The summed E-state index contributed by atoms with van der Waals surface area (Å²) in [6, 6.07) is 21.9. The van der Waals surface area contributed by atoms with Gasteiger partial charge in [0.05, 0.1) is 5.92 Å². The topological polar surface area (TPSA) is 40.5 Å². The summed E-state index contributed by atoms with van der Waals surface area (Å²) in [7, 11) is 3.94. The molecule has 0 aromatic heterocycles. The number of hydrogen-bond acceptors (Lipinski definition) is 2. The Morgan fingerprint density at radius 3 is 2.29 bits per heavy atom. The van der Waals surface area contributed by atoms with Gasteiger partial charge in [0.2, 0.25) is 0 Å². The maximum atomic E-state index is 11.8. The predicted octanol–water partition coefficient (Wildman–Crippen LogP) is 4.32. The average molecular weight is 319 g/mol. The van der Waals surface area contributed by atoms with E-state index in [0.717, 1.165) is 27.6 Å². The summed E-state index contributed by atoms with van der Waals surface area (Å²) in [5.41, 5.74) is 2.96. The van der Waals surface area contributed by atoms with E-state index in [-0.39, 0.29) is 0 Å². The molecule has 3 rings (SSSR count). The molecular formula is C21H21NO2. The van der Waals surface area contributed by atoms with E-state index in [4.69, 9.17) is 0 Å². The fourth-order valence-corrected chi connectivity index (χ4v) is 3.04. The largest absolute Gasteiger partial charge is 0.481 e. The molecule has 1 unspecified atom stereocenters. The minimum Gasteiger partial charge on any atom is -0.481 e. The van der Waals surface area contributed by atoms with Crippen molar-refractivity contribution >= 4 is 22.4 Å². The number of carboxylic acid groups (broad SMARTS) is 1. The van der Waals surface area contributed by atoms with Crippen LogP contribution in [0.3, 0.4) is 0 Å². The first-order valence-electron chi connectivity index (χ1n) is 8.03. The van der Waals surface area contributed by atoms with Gasteiger partial charge < -0.3 is 10.0 Å². The van der Waals surface area contributed by atoms with Gasteiger partial charge in [-0.15, -0.1) is 0 Å². The normalized spacial score (nSPS) is 12.1. The number of benzene rings is 3. The highest BCUT2D eigenvalue weighted by atomic mass is 16.4.